The van der Waals surface area contributed by atoms with E-state index in [-0.39, 0.29) is 11.6 Å². The maximum absolute atomic E-state index is 14.1. The molecular weight excluding hydrogens is 258 g/mol. The van der Waals surface area contributed by atoms with Crippen LogP contribution in [0.5, 0.6) is 0 Å². The van der Waals surface area contributed by atoms with Crippen molar-refractivity contribution in [3.8, 4) is 0 Å². The number of nitrogens with two attached hydrogens (primary N) is 1. The van der Waals surface area contributed by atoms with Crippen molar-refractivity contribution < 1.29 is 8.78 Å². The van der Waals surface area contributed by atoms with E-state index in [4.69, 9.17) is 5.73 Å². The molecule has 0 radical (unpaired) electrons. The molecule has 1 aliphatic heterocycles. The molecule has 1 saturated heterocycles. The minimum absolute atomic E-state index is 0.130. The van der Waals surface area contributed by atoms with Crippen LogP contribution in [-0.4, -0.2) is 23.5 Å². The minimum atomic E-state index is -0.542. The lowest BCUT2D eigenvalue weighted by Gasteiger charge is -2.43. The Morgan fingerprint density at radius 1 is 1.05 bits per heavy atom. The van der Waals surface area contributed by atoms with E-state index in [0.717, 1.165) is 44.8 Å². The topological polar surface area (TPSA) is 29.3 Å². The Hall–Kier alpha value is -1.00. The van der Waals surface area contributed by atoms with Crippen LogP contribution in [0, 0.1) is 11.6 Å². The number of halogens is 2. The lowest BCUT2D eigenvalue weighted by Crippen LogP contribution is -2.52. The third-order valence-electron chi connectivity index (χ3n) is 5.08. The molecule has 1 aliphatic carbocycles. The summed E-state index contributed by atoms with van der Waals surface area (Å²) in [4.78, 5) is 2.45. The van der Waals surface area contributed by atoms with Gasteiger partial charge in [-0.15, -0.1) is 0 Å². The van der Waals surface area contributed by atoms with Gasteiger partial charge in [-0.2, -0.15) is 0 Å². The van der Waals surface area contributed by atoms with Crippen LogP contribution in [0.2, 0.25) is 0 Å². The lowest BCUT2D eigenvalue weighted by molar-refractivity contribution is 0.0908. The first-order chi connectivity index (χ1) is 9.63. The van der Waals surface area contributed by atoms with Crippen LogP contribution in [-0.2, 0) is 0 Å². The molecule has 1 aromatic carbocycles. The van der Waals surface area contributed by atoms with Crippen LogP contribution in [0.15, 0.2) is 18.2 Å². The second-order valence-electron chi connectivity index (χ2n) is 6.15. The fraction of sp³-hybridized carbons (Fsp3) is 0.625. The Balaban J connectivity index is 1.94. The fourth-order valence-electron chi connectivity index (χ4n) is 4.02. The smallest absolute Gasteiger partial charge is 0.130 e. The highest BCUT2D eigenvalue weighted by Crippen LogP contribution is 2.45. The van der Waals surface area contributed by atoms with Gasteiger partial charge in [0, 0.05) is 17.2 Å². The Bertz CT molecular complexity index is 477. The van der Waals surface area contributed by atoms with Crippen molar-refractivity contribution in [3.63, 3.8) is 0 Å². The van der Waals surface area contributed by atoms with Gasteiger partial charge in [0.1, 0.15) is 11.6 Å². The van der Waals surface area contributed by atoms with Gasteiger partial charge in [-0.25, -0.2) is 8.78 Å². The summed E-state index contributed by atoms with van der Waals surface area (Å²) in [5.41, 5.74) is 6.79. The van der Waals surface area contributed by atoms with E-state index in [1.165, 1.54) is 25.0 Å². The zero-order valence-corrected chi connectivity index (χ0v) is 11.7. The normalized spacial score (nSPS) is 24.1. The van der Waals surface area contributed by atoms with E-state index in [1.807, 2.05) is 0 Å². The van der Waals surface area contributed by atoms with Crippen LogP contribution in [0.4, 0.5) is 8.78 Å². The molecule has 1 heterocycles. The molecule has 1 atom stereocenters. The zero-order valence-electron chi connectivity index (χ0n) is 11.7. The maximum atomic E-state index is 14.1. The first kappa shape index (κ1) is 14.0. The molecule has 0 aromatic heterocycles. The molecule has 4 heteroatoms. The fourth-order valence-corrected chi connectivity index (χ4v) is 4.02. The van der Waals surface area contributed by atoms with Gasteiger partial charge in [0.15, 0.2) is 0 Å². The van der Waals surface area contributed by atoms with E-state index in [0.29, 0.717) is 5.56 Å². The molecule has 0 amide bonds. The summed E-state index contributed by atoms with van der Waals surface area (Å²) < 4.78 is 27.2. The average molecular weight is 280 g/mol. The second kappa shape index (κ2) is 5.41. The van der Waals surface area contributed by atoms with Crippen LogP contribution < -0.4 is 5.73 Å². The van der Waals surface area contributed by atoms with Crippen molar-refractivity contribution in [1.82, 2.24) is 4.90 Å². The molecule has 110 valence electrons. The van der Waals surface area contributed by atoms with Gasteiger partial charge in [-0.1, -0.05) is 18.9 Å². The Morgan fingerprint density at radius 3 is 2.30 bits per heavy atom. The summed E-state index contributed by atoms with van der Waals surface area (Å²) in [5.74, 6) is -1.05. The quantitative estimate of drug-likeness (QED) is 0.919. The molecule has 1 aromatic rings. The Morgan fingerprint density at radius 2 is 1.70 bits per heavy atom. The standard InChI is InChI=1S/C16H22F2N2/c17-12-5-6-13(14(18)11-12)15(19)16(7-1-2-8-16)20-9-3-4-10-20/h5-6,11,15H,1-4,7-10,19H2. The van der Waals surface area contributed by atoms with Crippen molar-refractivity contribution in [1.29, 1.82) is 0 Å². The summed E-state index contributed by atoms with van der Waals surface area (Å²) >= 11 is 0. The molecule has 1 saturated carbocycles. The van der Waals surface area contributed by atoms with E-state index >= 15 is 0 Å². The first-order valence-electron chi connectivity index (χ1n) is 7.59. The monoisotopic (exact) mass is 280 g/mol. The summed E-state index contributed by atoms with van der Waals surface area (Å²) in [7, 11) is 0. The number of nitrogens with zero attached hydrogens (tertiary/aromatic N) is 1. The predicted octanol–water partition coefficient (Wildman–Crippen LogP) is 3.37. The van der Waals surface area contributed by atoms with Crippen molar-refractivity contribution >= 4 is 0 Å². The number of likely N-dealkylation sites (tertiary alicyclic amines) is 1. The second-order valence-corrected chi connectivity index (χ2v) is 6.15. The van der Waals surface area contributed by atoms with E-state index in [9.17, 15) is 8.78 Å². The van der Waals surface area contributed by atoms with Gasteiger partial charge in [0.2, 0.25) is 0 Å². The SMILES string of the molecule is NC(c1ccc(F)cc1F)C1(N2CCCC2)CCCC1. The van der Waals surface area contributed by atoms with Gasteiger partial charge in [-0.05, 0) is 44.8 Å². The lowest BCUT2D eigenvalue weighted by atomic mass is 9.82. The van der Waals surface area contributed by atoms with Crippen LogP contribution in [0.3, 0.4) is 0 Å². The highest BCUT2D eigenvalue weighted by atomic mass is 19.1. The summed E-state index contributed by atoms with van der Waals surface area (Å²) in [6.45, 7) is 2.10. The predicted molar refractivity (Wildman–Crippen MR) is 75.3 cm³/mol. The molecule has 2 aliphatic rings. The van der Waals surface area contributed by atoms with Gasteiger partial charge >= 0.3 is 0 Å². The molecule has 3 rings (SSSR count). The van der Waals surface area contributed by atoms with Crippen molar-refractivity contribution in [3.05, 3.63) is 35.4 Å². The molecule has 0 spiro atoms. The van der Waals surface area contributed by atoms with Crippen molar-refractivity contribution in [2.45, 2.75) is 50.1 Å². The first-order valence-corrected chi connectivity index (χ1v) is 7.59. The molecule has 2 N–H and O–H groups in total. The zero-order chi connectivity index (χ0) is 14.2. The van der Waals surface area contributed by atoms with Crippen LogP contribution in [0.25, 0.3) is 0 Å². The summed E-state index contributed by atoms with van der Waals surface area (Å²) in [6.07, 6.45) is 6.72. The van der Waals surface area contributed by atoms with E-state index in [1.54, 1.807) is 0 Å². The molecular formula is C16H22F2N2. The molecule has 1 unspecified atom stereocenters. The van der Waals surface area contributed by atoms with Crippen LogP contribution in [0.1, 0.15) is 50.1 Å². The molecule has 2 nitrogen and oxygen atoms in total. The maximum Gasteiger partial charge on any atom is 0.130 e. The van der Waals surface area contributed by atoms with Gasteiger partial charge in [0.05, 0.1) is 6.04 Å². The van der Waals surface area contributed by atoms with E-state index < -0.39 is 11.6 Å². The number of hydrogen-bond donors (Lipinski definition) is 1. The Kier molecular flexibility index (Phi) is 3.78. The highest BCUT2D eigenvalue weighted by molar-refractivity contribution is 5.26. The number of benzene rings is 1. The third kappa shape index (κ3) is 2.25. The summed E-state index contributed by atoms with van der Waals surface area (Å²) in [5, 5.41) is 0. The van der Waals surface area contributed by atoms with Crippen molar-refractivity contribution in [2.75, 3.05) is 13.1 Å². The van der Waals surface area contributed by atoms with Gasteiger partial charge in [0.25, 0.3) is 0 Å². The van der Waals surface area contributed by atoms with E-state index in [2.05, 4.69) is 4.90 Å². The van der Waals surface area contributed by atoms with Gasteiger partial charge < -0.3 is 5.73 Å². The van der Waals surface area contributed by atoms with Crippen LogP contribution >= 0.6 is 0 Å². The Labute approximate surface area is 118 Å². The largest absolute Gasteiger partial charge is 0.322 e. The number of hydrogen-bond acceptors (Lipinski definition) is 2. The number of rotatable bonds is 3. The van der Waals surface area contributed by atoms with Crippen molar-refractivity contribution in [2.24, 2.45) is 5.73 Å². The molecule has 0 bridgehead atoms. The van der Waals surface area contributed by atoms with Gasteiger partial charge in [-0.3, -0.25) is 4.90 Å². The highest BCUT2D eigenvalue weighted by Gasteiger charge is 2.46. The molecule has 20 heavy (non-hydrogen) atoms. The summed E-state index contributed by atoms with van der Waals surface area (Å²) in [6, 6.07) is 3.40. The average Bonchev–Trinajstić information content (AvgIpc) is 3.10. The third-order valence-corrected chi connectivity index (χ3v) is 5.08. The minimum Gasteiger partial charge on any atom is -0.322 e. The molecule has 2 fully saturated rings.